The first-order chi connectivity index (χ1) is 14.1. The number of ether oxygens (including phenoxy) is 3. The standard InChI is InChI=1S/C24H31NO4/c1-27-22-14-12-17(15-23(22)28-2)11-13-21(19-9-6-10-20(25)16-19)29-24(26)18-7-4-3-5-8-18/h6,9-10,12,14-16,18,21H,3-5,7-8,11,13,25H2,1-2H3. The maximum atomic E-state index is 12.8. The number of nitrogen functional groups attached to an aromatic ring is 1. The minimum absolute atomic E-state index is 0.0217. The predicted molar refractivity (Wildman–Crippen MR) is 114 cm³/mol. The lowest BCUT2D eigenvalue weighted by atomic mass is 9.89. The Hall–Kier alpha value is -2.69. The fourth-order valence-electron chi connectivity index (χ4n) is 3.96. The van der Waals surface area contributed by atoms with Crippen LogP contribution in [0.15, 0.2) is 42.5 Å². The quantitative estimate of drug-likeness (QED) is 0.497. The Balaban J connectivity index is 1.73. The molecule has 0 aliphatic heterocycles. The Kier molecular flexibility index (Phi) is 7.39. The highest BCUT2D eigenvalue weighted by Gasteiger charge is 2.26. The third-order valence-corrected chi connectivity index (χ3v) is 5.62. The highest BCUT2D eigenvalue weighted by molar-refractivity contribution is 5.72. The molecule has 2 N–H and O–H groups in total. The number of methoxy groups -OCH3 is 2. The number of anilines is 1. The number of rotatable bonds is 8. The summed E-state index contributed by atoms with van der Waals surface area (Å²) in [5.41, 5.74) is 8.69. The van der Waals surface area contributed by atoms with Gasteiger partial charge in [-0.2, -0.15) is 0 Å². The van der Waals surface area contributed by atoms with Crippen LogP contribution in [-0.4, -0.2) is 20.2 Å². The van der Waals surface area contributed by atoms with Crippen LogP contribution in [0.4, 0.5) is 5.69 Å². The van der Waals surface area contributed by atoms with Crippen LogP contribution in [0, 0.1) is 5.92 Å². The number of aryl methyl sites for hydroxylation is 1. The van der Waals surface area contributed by atoms with Gasteiger partial charge in [0.05, 0.1) is 20.1 Å². The van der Waals surface area contributed by atoms with Crippen molar-refractivity contribution in [1.82, 2.24) is 0 Å². The van der Waals surface area contributed by atoms with Crippen molar-refractivity contribution in [1.29, 1.82) is 0 Å². The van der Waals surface area contributed by atoms with E-state index in [0.29, 0.717) is 23.6 Å². The normalized spacial score (nSPS) is 15.5. The second-order valence-corrected chi connectivity index (χ2v) is 7.66. The molecule has 1 unspecified atom stereocenters. The molecule has 29 heavy (non-hydrogen) atoms. The maximum absolute atomic E-state index is 12.8. The second-order valence-electron chi connectivity index (χ2n) is 7.66. The molecule has 2 aromatic rings. The van der Waals surface area contributed by atoms with E-state index in [2.05, 4.69) is 0 Å². The third-order valence-electron chi connectivity index (χ3n) is 5.62. The molecule has 1 aliphatic carbocycles. The topological polar surface area (TPSA) is 70.8 Å². The summed E-state index contributed by atoms with van der Waals surface area (Å²) >= 11 is 0. The maximum Gasteiger partial charge on any atom is 0.309 e. The molecule has 1 aliphatic rings. The van der Waals surface area contributed by atoms with Crippen LogP contribution in [0.3, 0.4) is 0 Å². The molecular weight excluding hydrogens is 366 g/mol. The smallest absolute Gasteiger partial charge is 0.309 e. The van der Waals surface area contributed by atoms with Gasteiger partial charge in [0.15, 0.2) is 11.5 Å². The molecule has 0 radical (unpaired) electrons. The van der Waals surface area contributed by atoms with Gasteiger partial charge in [0.1, 0.15) is 6.10 Å². The van der Waals surface area contributed by atoms with E-state index < -0.39 is 0 Å². The van der Waals surface area contributed by atoms with Crippen LogP contribution in [0.5, 0.6) is 11.5 Å². The first-order valence-electron chi connectivity index (χ1n) is 10.4. The summed E-state index contributed by atoms with van der Waals surface area (Å²) in [6.07, 6.45) is 6.39. The number of hydrogen-bond acceptors (Lipinski definition) is 5. The van der Waals surface area contributed by atoms with Crippen LogP contribution in [0.1, 0.15) is 55.8 Å². The fraction of sp³-hybridized carbons (Fsp3) is 0.458. The average Bonchev–Trinajstić information content (AvgIpc) is 2.76. The molecule has 2 aromatic carbocycles. The zero-order chi connectivity index (χ0) is 20.6. The summed E-state index contributed by atoms with van der Waals surface area (Å²) in [5, 5.41) is 0. The zero-order valence-corrected chi connectivity index (χ0v) is 17.4. The van der Waals surface area contributed by atoms with Crippen molar-refractivity contribution in [3.05, 3.63) is 53.6 Å². The Morgan fingerprint density at radius 2 is 1.79 bits per heavy atom. The molecule has 5 heteroatoms. The van der Waals surface area contributed by atoms with Gasteiger partial charge in [-0.25, -0.2) is 0 Å². The van der Waals surface area contributed by atoms with Crippen LogP contribution < -0.4 is 15.2 Å². The van der Waals surface area contributed by atoms with Crippen molar-refractivity contribution in [2.45, 2.75) is 51.0 Å². The molecule has 0 aromatic heterocycles. The molecule has 1 saturated carbocycles. The van der Waals surface area contributed by atoms with Gasteiger partial charge in [-0.1, -0.05) is 37.5 Å². The number of nitrogens with two attached hydrogens (primary N) is 1. The lowest BCUT2D eigenvalue weighted by molar-refractivity contribution is -0.156. The fourth-order valence-corrected chi connectivity index (χ4v) is 3.96. The number of esters is 1. The van der Waals surface area contributed by atoms with Gasteiger partial charge in [-0.15, -0.1) is 0 Å². The molecule has 0 saturated heterocycles. The van der Waals surface area contributed by atoms with Gasteiger partial charge in [0.2, 0.25) is 0 Å². The Bertz CT molecular complexity index is 814. The highest BCUT2D eigenvalue weighted by atomic mass is 16.5. The molecule has 1 fully saturated rings. The number of carbonyl (C=O) groups excluding carboxylic acids is 1. The first kappa shape index (κ1) is 21.0. The van der Waals surface area contributed by atoms with Gasteiger partial charge < -0.3 is 19.9 Å². The molecule has 1 atom stereocenters. The minimum atomic E-state index is -0.318. The highest BCUT2D eigenvalue weighted by Crippen LogP contribution is 2.32. The summed E-state index contributed by atoms with van der Waals surface area (Å²) < 4.78 is 16.7. The second kappa shape index (κ2) is 10.2. The first-order valence-corrected chi connectivity index (χ1v) is 10.4. The van der Waals surface area contributed by atoms with Crippen molar-refractivity contribution in [3.8, 4) is 11.5 Å². The van der Waals surface area contributed by atoms with Gasteiger partial charge in [-0.3, -0.25) is 4.79 Å². The average molecular weight is 398 g/mol. The zero-order valence-electron chi connectivity index (χ0n) is 17.4. The number of benzene rings is 2. The van der Waals surface area contributed by atoms with E-state index in [0.717, 1.165) is 43.2 Å². The van der Waals surface area contributed by atoms with Crippen LogP contribution in [0.2, 0.25) is 0 Å². The monoisotopic (exact) mass is 397 g/mol. The van der Waals surface area contributed by atoms with E-state index in [-0.39, 0.29) is 18.0 Å². The molecule has 0 bridgehead atoms. The van der Waals surface area contributed by atoms with Gasteiger partial charge in [0.25, 0.3) is 0 Å². The minimum Gasteiger partial charge on any atom is -0.493 e. The van der Waals surface area contributed by atoms with Crippen LogP contribution in [0.25, 0.3) is 0 Å². The Labute approximate surface area is 173 Å². The lowest BCUT2D eigenvalue weighted by Crippen LogP contribution is -2.23. The summed E-state index contributed by atoms with van der Waals surface area (Å²) in [6, 6.07) is 13.5. The Morgan fingerprint density at radius 1 is 1.03 bits per heavy atom. The molecule has 156 valence electrons. The summed E-state index contributed by atoms with van der Waals surface area (Å²) in [5.74, 6) is 1.34. The largest absolute Gasteiger partial charge is 0.493 e. The van der Waals surface area contributed by atoms with E-state index in [4.69, 9.17) is 19.9 Å². The molecule has 5 nitrogen and oxygen atoms in total. The van der Waals surface area contributed by atoms with E-state index in [1.54, 1.807) is 14.2 Å². The van der Waals surface area contributed by atoms with E-state index in [9.17, 15) is 4.79 Å². The lowest BCUT2D eigenvalue weighted by Gasteiger charge is -2.25. The van der Waals surface area contributed by atoms with Crippen molar-refractivity contribution in [2.24, 2.45) is 5.92 Å². The van der Waals surface area contributed by atoms with Gasteiger partial charge in [0, 0.05) is 5.69 Å². The Morgan fingerprint density at radius 3 is 2.48 bits per heavy atom. The van der Waals surface area contributed by atoms with E-state index >= 15 is 0 Å². The number of hydrogen-bond donors (Lipinski definition) is 1. The van der Waals surface area contributed by atoms with Crippen molar-refractivity contribution >= 4 is 11.7 Å². The molecular formula is C24H31NO4. The molecule has 0 amide bonds. The van der Waals surface area contributed by atoms with Crippen LogP contribution >= 0.6 is 0 Å². The molecule has 0 spiro atoms. The van der Waals surface area contributed by atoms with Crippen molar-refractivity contribution in [2.75, 3.05) is 20.0 Å². The van der Waals surface area contributed by atoms with E-state index in [1.807, 2.05) is 42.5 Å². The van der Waals surface area contributed by atoms with Gasteiger partial charge >= 0.3 is 5.97 Å². The SMILES string of the molecule is COc1ccc(CCC(OC(=O)C2CCCCC2)c2cccc(N)c2)cc1OC. The van der Waals surface area contributed by atoms with Crippen LogP contribution in [-0.2, 0) is 16.0 Å². The summed E-state index contributed by atoms with van der Waals surface area (Å²) in [6.45, 7) is 0. The van der Waals surface area contributed by atoms with E-state index in [1.165, 1.54) is 6.42 Å². The summed E-state index contributed by atoms with van der Waals surface area (Å²) in [7, 11) is 3.25. The molecule has 3 rings (SSSR count). The van der Waals surface area contributed by atoms with Gasteiger partial charge in [-0.05, 0) is 61.1 Å². The van der Waals surface area contributed by atoms with Crippen molar-refractivity contribution < 1.29 is 19.0 Å². The third kappa shape index (κ3) is 5.66. The summed E-state index contributed by atoms with van der Waals surface area (Å²) in [4.78, 5) is 12.8. The van der Waals surface area contributed by atoms with Crippen molar-refractivity contribution in [3.63, 3.8) is 0 Å². The number of carbonyl (C=O) groups is 1. The molecule has 0 heterocycles. The predicted octanol–water partition coefficient (Wildman–Crippen LogP) is 5.08.